The molecular formula is C24H31N3O4S. The number of hydrogen-bond donors (Lipinski definition) is 1. The van der Waals surface area contributed by atoms with Crippen LogP contribution in [0.15, 0.2) is 58.6 Å². The summed E-state index contributed by atoms with van der Waals surface area (Å²) in [5.74, 6) is 0.700. The topological polar surface area (TPSA) is 82.9 Å². The fraction of sp³-hybridized carbons (Fsp3) is 0.458. The van der Waals surface area contributed by atoms with Crippen molar-refractivity contribution in [2.75, 3.05) is 32.7 Å². The molecule has 8 heteroatoms. The Morgan fingerprint density at radius 3 is 2.44 bits per heavy atom. The molecule has 3 heterocycles. The summed E-state index contributed by atoms with van der Waals surface area (Å²) in [7, 11) is -3.50. The highest BCUT2D eigenvalue weighted by Gasteiger charge is 2.31. The van der Waals surface area contributed by atoms with Crippen molar-refractivity contribution in [2.24, 2.45) is 5.92 Å². The van der Waals surface area contributed by atoms with Gasteiger partial charge in [0.2, 0.25) is 15.9 Å². The third-order valence-electron chi connectivity index (χ3n) is 6.34. The van der Waals surface area contributed by atoms with Crippen molar-refractivity contribution in [3.8, 4) is 0 Å². The standard InChI is InChI=1S/C24H31N3O4S/c28-24(25-19-22(23-9-6-17-31-23)26-13-4-5-14-26)21-10-15-27(16-11-21)32(29,30)18-12-20-7-2-1-3-8-20/h1-3,6-9,12,17-18,21-22H,4-5,10-11,13-16,19H2,(H,25,28)/b18-12+/t22-/m0/s1. The van der Waals surface area contributed by atoms with Gasteiger partial charge < -0.3 is 9.73 Å². The van der Waals surface area contributed by atoms with Crippen LogP contribution in [0.3, 0.4) is 0 Å². The molecule has 1 N–H and O–H groups in total. The lowest BCUT2D eigenvalue weighted by atomic mass is 9.97. The molecule has 0 unspecified atom stereocenters. The molecule has 7 nitrogen and oxygen atoms in total. The van der Waals surface area contributed by atoms with E-state index in [1.54, 1.807) is 12.3 Å². The minimum Gasteiger partial charge on any atom is -0.468 e. The maximum absolute atomic E-state index is 12.8. The van der Waals surface area contributed by atoms with E-state index in [1.807, 2.05) is 42.5 Å². The molecule has 0 spiro atoms. The largest absolute Gasteiger partial charge is 0.468 e. The van der Waals surface area contributed by atoms with E-state index in [9.17, 15) is 13.2 Å². The molecule has 0 aliphatic carbocycles. The first-order valence-electron chi connectivity index (χ1n) is 11.3. The van der Waals surface area contributed by atoms with E-state index in [-0.39, 0.29) is 17.9 Å². The summed E-state index contributed by atoms with van der Waals surface area (Å²) >= 11 is 0. The Kier molecular flexibility index (Phi) is 7.44. The molecule has 32 heavy (non-hydrogen) atoms. The molecule has 0 bridgehead atoms. The van der Waals surface area contributed by atoms with Crippen LogP contribution in [0.4, 0.5) is 0 Å². The Hall–Kier alpha value is -2.42. The summed E-state index contributed by atoms with van der Waals surface area (Å²) in [6.07, 6.45) is 6.66. The van der Waals surface area contributed by atoms with E-state index in [2.05, 4.69) is 10.2 Å². The average Bonchev–Trinajstić information content (AvgIpc) is 3.54. The first-order chi connectivity index (χ1) is 15.5. The van der Waals surface area contributed by atoms with Gasteiger partial charge in [-0.05, 0) is 62.5 Å². The SMILES string of the molecule is O=C(NC[C@@H](c1ccco1)N1CCCC1)C1CCN(S(=O)(=O)/C=C/c2ccccc2)CC1. The first kappa shape index (κ1) is 22.8. The van der Waals surface area contributed by atoms with Gasteiger partial charge in [0.05, 0.1) is 12.3 Å². The summed E-state index contributed by atoms with van der Waals surface area (Å²) in [6, 6.07) is 13.2. The predicted octanol–water partition coefficient (Wildman–Crippen LogP) is 3.25. The van der Waals surface area contributed by atoms with Crippen LogP contribution in [-0.4, -0.2) is 56.3 Å². The molecule has 2 saturated heterocycles. The lowest BCUT2D eigenvalue weighted by Crippen LogP contribution is -2.44. The van der Waals surface area contributed by atoms with Crippen LogP contribution in [-0.2, 0) is 14.8 Å². The highest BCUT2D eigenvalue weighted by atomic mass is 32.2. The van der Waals surface area contributed by atoms with Gasteiger partial charge in [-0.15, -0.1) is 0 Å². The molecule has 2 aromatic rings. The summed E-state index contributed by atoms with van der Waals surface area (Å²) in [6.45, 7) is 3.23. The third-order valence-corrected chi connectivity index (χ3v) is 7.90. The second-order valence-corrected chi connectivity index (χ2v) is 10.3. The molecule has 0 radical (unpaired) electrons. The first-order valence-corrected chi connectivity index (χ1v) is 12.8. The van der Waals surface area contributed by atoms with Gasteiger partial charge in [-0.25, -0.2) is 8.42 Å². The van der Waals surface area contributed by atoms with Crippen LogP contribution in [0, 0.1) is 5.92 Å². The fourth-order valence-corrected chi connectivity index (χ4v) is 5.69. The molecule has 2 fully saturated rings. The van der Waals surface area contributed by atoms with Gasteiger partial charge in [0.1, 0.15) is 5.76 Å². The van der Waals surface area contributed by atoms with Gasteiger partial charge >= 0.3 is 0 Å². The summed E-state index contributed by atoms with van der Waals surface area (Å²) in [5, 5.41) is 4.35. The quantitative estimate of drug-likeness (QED) is 0.658. The predicted molar refractivity (Wildman–Crippen MR) is 124 cm³/mol. The van der Waals surface area contributed by atoms with E-state index in [4.69, 9.17) is 4.42 Å². The van der Waals surface area contributed by atoms with Gasteiger partial charge in [-0.1, -0.05) is 30.3 Å². The summed E-state index contributed by atoms with van der Waals surface area (Å²) < 4.78 is 32.4. The van der Waals surface area contributed by atoms with Gasteiger partial charge in [-0.3, -0.25) is 9.69 Å². The summed E-state index contributed by atoms with van der Waals surface area (Å²) in [4.78, 5) is 15.2. The number of hydrogen-bond acceptors (Lipinski definition) is 5. The van der Waals surface area contributed by atoms with Crippen LogP contribution < -0.4 is 5.32 Å². The molecule has 0 saturated carbocycles. The van der Waals surface area contributed by atoms with Crippen LogP contribution in [0.5, 0.6) is 0 Å². The summed E-state index contributed by atoms with van der Waals surface area (Å²) in [5.41, 5.74) is 0.842. The zero-order valence-corrected chi connectivity index (χ0v) is 19.0. The number of amides is 1. The van der Waals surface area contributed by atoms with Crippen molar-refractivity contribution in [1.29, 1.82) is 0 Å². The number of nitrogens with one attached hydrogen (secondary N) is 1. The van der Waals surface area contributed by atoms with Crippen molar-refractivity contribution in [3.63, 3.8) is 0 Å². The molecule has 172 valence electrons. The van der Waals surface area contributed by atoms with E-state index in [0.717, 1.165) is 37.3 Å². The maximum Gasteiger partial charge on any atom is 0.236 e. The highest BCUT2D eigenvalue weighted by molar-refractivity contribution is 7.92. The van der Waals surface area contributed by atoms with Crippen molar-refractivity contribution in [1.82, 2.24) is 14.5 Å². The number of rotatable bonds is 8. The maximum atomic E-state index is 12.8. The minimum atomic E-state index is -3.50. The Labute approximate surface area is 190 Å². The molecule has 1 atom stereocenters. The van der Waals surface area contributed by atoms with E-state index >= 15 is 0 Å². The van der Waals surface area contributed by atoms with Crippen LogP contribution in [0.25, 0.3) is 6.08 Å². The van der Waals surface area contributed by atoms with Crippen LogP contribution >= 0.6 is 0 Å². The Bertz CT molecular complexity index is 991. The number of piperidine rings is 1. The molecule has 4 rings (SSSR count). The third kappa shape index (κ3) is 5.68. The fourth-order valence-electron chi connectivity index (χ4n) is 4.47. The number of benzene rings is 1. The number of sulfonamides is 1. The average molecular weight is 458 g/mol. The van der Waals surface area contributed by atoms with E-state index < -0.39 is 10.0 Å². The smallest absolute Gasteiger partial charge is 0.236 e. The number of carbonyl (C=O) groups excluding carboxylic acids is 1. The van der Waals surface area contributed by atoms with Crippen molar-refractivity contribution in [3.05, 3.63) is 65.5 Å². The Balaban J connectivity index is 1.29. The van der Waals surface area contributed by atoms with Gasteiger partial charge in [0.25, 0.3) is 0 Å². The second kappa shape index (κ2) is 10.5. The lowest BCUT2D eigenvalue weighted by molar-refractivity contribution is -0.126. The van der Waals surface area contributed by atoms with Gasteiger partial charge in [0, 0.05) is 31.0 Å². The number of carbonyl (C=O) groups is 1. The van der Waals surface area contributed by atoms with Crippen molar-refractivity contribution >= 4 is 22.0 Å². The zero-order valence-electron chi connectivity index (χ0n) is 18.2. The lowest BCUT2D eigenvalue weighted by Gasteiger charge is -2.31. The normalized spacial score (nSPS) is 20.0. The Morgan fingerprint density at radius 1 is 1.06 bits per heavy atom. The van der Waals surface area contributed by atoms with Gasteiger partial charge in [0.15, 0.2) is 0 Å². The van der Waals surface area contributed by atoms with Crippen LogP contribution in [0.1, 0.15) is 43.0 Å². The number of likely N-dealkylation sites (tertiary alicyclic amines) is 1. The number of nitrogens with zero attached hydrogens (tertiary/aromatic N) is 2. The molecule has 2 aliphatic heterocycles. The molecule has 1 aromatic heterocycles. The van der Waals surface area contributed by atoms with Crippen molar-refractivity contribution < 1.29 is 17.6 Å². The highest BCUT2D eigenvalue weighted by Crippen LogP contribution is 2.26. The van der Waals surface area contributed by atoms with Crippen molar-refractivity contribution in [2.45, 2.75) is 31.7 Å². The minimum absolute atomic E-state index is 0.00220. The second-order valence-electron chi connectivity index (χ2n) is 8.45. The number of furan rings is 1. The molecule has 2 aliphatic rings. The molecule has 1 amide bonds. The van der Waals surface area contributed by atoms with Crippen LogP contribution in [0.2, 0.25) is 0 Å². The Morgan fingerprint density at radius 2 is 1.78 bits per heavy atom. The van der Waals surface area contributed by atoms with E-state index in [1.165, 1.54) is 9.71 Å². The monoisotopic (exact) mass is 457 g/mol. The van der Waals surface area contributed by atoms with Gasteiger partial charge in [-0.2, -0.15) is 4.31 Å². The molecular weight excluding hydrogens is 426 g/mol. The van der Waals surface area contributed by atoms with E-state index in [0.29, 0.717) is 32.5 Å². The molecule has 1 aromatic carbocycles. The zero-order chi connectivity index (χ0) is 22.4.